The van der Waals surface area contributed by atoms with Crippen molar-refractivity contribution < 1.29 is 18.8 Å². The van der Waals surface area contributed by atoms with Crippen molar-refractivity contribution in [1.29, 1.82) is 0 Å². The standard InChI is InChI=1S/C20H23N5O4/c1-13-22-18(24-29-13)11-19(26)23-17(20(27)25-6-8-28-9-7-25)10-14-12-21-16-5-3-2-4-15(14)16/h2-5,12,17,21H,6-11H2,1H3,(H,23,26). The third-order valence-electron chi connectivity index (χ3n) is 4.94. The first kappa shape index (κ1) is 19.1. The average Bonchev–Trinajstić information content (AvgIpc) is 3.33. The van der Waals surface area contributed by atoms with Crippen LogP contribution >= 0.6 is 0 Å². The van der Waals surface area contributed by atoms with E-state index in [4.69, 9.17) is 9.26 Å². The first-order chi connectivity index (χ1) is 14.1. The predicted octanol–water partition coefficient (Wildman–Crippen LogP) is 0.988. The van der Waals surface area contributed by atoms with E-state index in [1.807, 2.05) is 30.5 Å². The minimum Gasteiger partial charge on any atom is -0.378 e. The molecule has 0 saturated carbocycles. The lowest BCUT2D eigenvalue weighted by Gasteiger charge is -2.30. The molecule has 1 fully saturated rings. The van der Waals surface area contributed by atoms with Crippen LogP contribution in [-0.4, -0.2) is 64.2 Å². The quantitative estimate of drug-likeness (QED) is 0.641. The summed E-state index contributed by atoms with van der Waals surface area (Å²) in [4.78, 5) is 34.7. The molecule has 3 heterocycles. The zero-order valence-corrected chi connectivity index (χ0v) is 16.2. The number of H-pyrrole nitrogens is 1. The summed E-state index contributed by atoms with van der Waals surface area (Å²) in [5, 5.41) is 7.66. The predicted molar refractivity (Wildman–Crippen MR) is 104 cm³/mol. The lowest BCUT2D eigenvalue weighted by molar-refractivity contribution is -0.139. The second kappa shape index (κ2) is 8.44. The highest BCUT2D eigenvalue weighted by Crippen LogP contribution is 2.20. The summed E-state index contributed by atoms with van der Waals surface area (Å²) in [6.45, 7) is 3.70. The SMILES string of the molecule is Cc1nc(CC(=O)NC(Cc2c[nH]c3ccccc23)C(=O)N2CCOCC2)no1. The number of nitrogens with zero attached hydrogens (tertiary/aromatic N) is 3. The summed E-state index contributed by atoms with van der Waals surface area (Å²) < 4.78 is 10.3. The molecule has 0 bridgehead atoms. The van der Waals surface area contributed by atoms with E-state index in [0.717, 1.165) is 16.5 Å². The van der Waals surface area contributed by atoms with Gasteiger partial charge in [-0.25, -0.2) is 0 Å². The largest absolute Gasteiger partial charge is 0.378 e. The number of carbonyl (C=O) groups excluding carboxylic acids is 2. The van der Waals surface area contributed by atoms with Crippen LogP contribution in [0.2, 0.25) is 0 Å². The maximum Gasteiger partial charge on any atom is 0.245 e. The molecule has 0 radical (unpaired) electrons. The molecule has 1 saturated heterocycles. The van der Waals surface area contributed by atoms with Crippen LogP contribution in [0.3, 0.4) is 0 Å². The second-order valence-electron chi connectivity index (χ2n) is 7.03. The zero-order valence-electron chi connectivity index (χ0n) is 16.2. The molecule has 2 N–H and O–H groups in total. The van der Waals surface area contributed by atoms with Gasteiger partial charge >= 0.3 is 0 Å². The summed E-state index contributed by atoms with van der Waals surface area (Å²) in [5.41, 5.74) is 1.97. The van der Waals surface area contributed by atoms with Crippen LogP contribution in [0.5, 0.6) is 0 Å². The fourth-order valence-corrected chi connectivity index (χ4v) is 3.53. The Balaban J connectivity index is 1.52. The van der Waals surface area contributed by atoms with E-state index in [1.54, 1.807) is 11.8 Å². The molecule has 2 amide bonds. The van der Waals surface area contributed by atoms with E-state index in [-0.39, 0.29) is 18.2 Å². The number of benzene rings is 1. The third-order valence-corrected chi connectivity index (χ3v) is 4.94. The Labute approximate surface area is 167 Å². The van der Waals surface area contributed by atoms with Crippen molar-refractivity contribution in [2.24, 2.45) is 0 Å². The Morgan fingerprint density at radius 2 is 2.07 bits per heavy atom. The third kappa shape index (κ3) is 4.45. The van der Waals surface area contributed by atoms with Gasteiger partial charge in [0.25, 0.3) is 0 Å². The number of aromatic nitrogens is 3. The number of rotatable bonds is 6. The van der Waals surface area contributed by atoms with Gasteiger partial charge in [0.15, 0.2) is 5.82 Å². The van der Waals surface area contributed by atoms with Crippen LogP contribution in [0.1, 0.15) is 17.3 Å². The van der Waals surface area contributed by atoms with Gasteiger partial charge in [-0.05, 0) is 11.6 Å². The molecule has 0 spiro atoms. The molecule has 0 aliphatic carbocycles. The molecule has 3 aromatic rings. The topological polar surface area (TPSA) is 113 Å². The highest BCUT2D eigenvalue weighted by atomic mass is 16.5. The number of hydrogen-bond donors (Lipinski definition) is 2. The van der Waals surface area contributed by atoms with E-state index in [0.29, 0.717) is 44.4 Å². The molecule has 2 aromatic heterocycles. The van der Waals surface area contributed by atoms with Gasteiger partial charge in [-0.3, -0.25) is 9.59 Å². The van der Waals surface area contributed by atoms with Crippen molar-refractivity contribution in [2.45, 2.75) is 25.8 Å². The van der Waals surface area contributed by atoms with E-state index in [1.165, 1.54) is 0 Å². The number of aromatic amines is 1. The smallest absolute Gasteiger partial charge is 0.245 e. The van der Waals surface area contributed by atoms with Crippen LogP contribution in [0.4, 0.5) is 0 Å². The molecule has 1 unspecified atom stereocenters. The number of hydrogen-bond acceptors (Lipinski definition) is 6. The van der Waals surface area contributed by atoms with Gasteiger partial charge in [0.2, 0.25) is 17.7 Å². The van der Waals surface area contributed by atoms with E-state index < -0.39 is 6.04 Å². The summed E-state index contributed by atoms with van der Waals surface area (Å²) >= 11 is 0. The van der Waals surface area contributed by atoms with E-state index in [2.05, 4.69) is 20.4 Å². The summed E-state index contributed by atoms with van der Waals surface area (Å²) in [6, 6.07) is 7.20. The number of aryl methyl sites for hydroxylation is 1. The molecule has 152 valence electrons. The van der Waals surface area contributed by atoms with Crippen molar-refractivity contribution in [3.05, 3.63) is 47.7 Å². The normalized spacial score (nSPS) is 15.4. The first-order valence-corrected chi connectivity index (χ1v) is 9.60. The molecule has 9 heteroatoms. The van der Waals surface area contributed by atoms with Crippen molar-refractivity contribution >= 4 is 22.7 Å². The molecule has 9 nitrogen and oxygen atoms in total. The number of carbonyl (C=O) groups is 2. The minimum atomic E-state index is -0.687. The van der Waals surface area contributed by atoms with Gasteiger partial charge in [-0.1, -0.05) is 23.4 Å². The van der Waals surface area contributed by atoms with Crippen LogP contribution < -0.4 is 5.32 Å². The fourth-order valence-electron chi connectivity index (χ4n) is 3.53. The van der Waals surface area contributed by atoms with E-state index >= 15 is 0 Å². The molecular formula is C20H23N5O4. The minimum absolute atomic E-state index is 0.0435. The fraction of sp³-hybridized carbons (Fsp3) is 0.400. The van der Waals surface area contributed by atoms with Crippen molar-refractivity contribution in [2.75, 3.05) is 26.3 Å². The molecule has 1 atom stereocenters. The van der Waals surface area contributed by atoms with Crippen LogP contribution in [-0.2, 0) is 27.2 Å². The van der Waals surface area contributed by atoms with Crippen molar-refractivity contribution in [3.63, 3.8) is 0 Å². The molecule has 1 aliphatic rings. The van der Waals surface area contributed by atoms with Gasteiger partial charge in [0.05, 0.1) is 19.6 Å². The van der Waals surface area contributed by atoms with Crippen molar-refractivity contribution in [3.8, 4) is 0 Å². The number of ether oxygens (including phenoxy) is 1. The molecule has 1 aliphatic heterocycles. The summed E-state index contributed by atoms with van der Waals surface area (Å²) in [7, 11) is 0. The van der Waals surface area contributed by atoms with Gasteiger partial charge < -0.3 is 24.5 Å². The highest BCUT2D eigenvalue weighted by molar-refractivity contribution is 5.90. The van der Waals surface area contributed by atoms with Crippen LogP contribution in [0.15, 0.2) is 35.0 Å². The first-order valence-electron chi connectivity index (χ1n) is 9.60. The Hall–Kier alpha value is -3.20. The Morgan fingerprint density at radius 1 is 1.28 bits per heavy atom. The lowest BCUT2D eigenvalue weighted by atomic mass is 10.0. The number of morpholine rings is 1. The lowest BCUT2D eigenvalue weighted by Crippen LogP contribution is -2.52. The molecule has 4 rings (SSSR count). The van der Waals surface area contributed by atoms with Gasteiger partial charge in [0.1, 0.15) is 6.04 Å². The van der Waals surface area contributed by atoms with Gasteiger partial charge in [0, 0.05) is 43.5 Å². The monoisotopic (exact) mass is 397 g/mol. The van der Waals surface area contributed by atoms with E-state index in [9.17, 15) is 9.59 Å². The molecular weight excluding hydrogens is 374 g/mol. The molecule has 1 aromatic carbocycles. The number of fused-ring (bicyclic) bond motifs is 1. The summed E-state index contributed by atoms with van der Waals surface area (Å²) in [5.74, 6) is 0.255. The maximum atomic E-state index is 13.1. The van der Waals surface area contributed by atoms with Crippen LogP contribution in [0.25, 0.3) is 10.9 Å². The van der Waals surface area contributed by atoms with Crippen LogP contribution in [0, 0.1) is 6.92 Å². The average molecular weight is 397 g/mol. The zero-order chi connectivity index (χ0) is 20.2. The second-order valence-corrected chi connectivity index (χ2v) is 7.03. The number of para-hydroxylation sites is 1. The number of amides is 2. The Kier molecular flexibility index (Phi) is 5.57. The molecule has 29 heavy (non-hydrogen) atoms. The maximum absolute atomic E-state index is 13.1. The number of nitrogens with one attached hydrogen (secondary N) is 2. The highest BCUT2D eigenvalue weighted by Gasteiger charge is 2.28. The summed E-state index contributed by atoms with van der Waals surface area (Å²) in [6.07, 6.45) is 2.23. The van der Waals surface area contributed by atoms with Gasteiger partial charge in [-0.15, -0.1) is 0 Å². The Bertz CT molecular complexity index is 1010. The van der Waals surface area contributed by atoms with Gasteiger partial charge in [-0.2, -0.15) is 4.98 Å². The van der Waals surface area contributed by atoms with Crippen molar-refractivity contribution in [1.82, 2.24) is 25.3 Å². The Morgan fingerprint density at radius 3 is 2.83 bits per heavy atom.